The highest BCUT2D eigenvalue weighted by molar-refractivity contribution is 7.90. The van der Waals surface area contributed by atoms with Crippen molar-refractivity contribution in [3.05, 3.63) is 106 Å². The summed E-state index contributed by atoms with van der Waals surface area (Å²) in [6.45, 7) is 0. The van der Waals surface area contributed by atoms with E-state index in [0.29, 0.717) is 5.56 Å². The zero-order valence-electron chi connectivity index (χ0n) is 16.8. The molecule has 168 valence electrons. The Morgan fingerprint density at radius 1 is 0.909 bits per heavy atom. The second kappa shape index (κ2) is 9.75. The zero-order valence-corrected chi connectivity index (χ0v) is 17.7. The molecule has 0 atom stereocenters. The summed E-state index contributed by atoms with van der Waals surface area (Å²) in [7, 11) is -4.40. The lowest BCUT2D eigenvalue weighted by molar-refractivity contribution is -0.384. The third kappa shape index (κ3) is 6.02. The highest BCUT2D eigenvalue weighted by Gasteiger charge is 2.23. The molecular formula is C22H17N3O7S. The number of phenols is 1. The first-order valence-electron chi connectivity index (χ1n) is 9.34. The molecule has 0 radical (unpaired) electrons. The molecule has 2 amide bonds. The number of nitro groups is 1. The number of nitro benzene ring substituents is 1. The van der Waals surface area contributed by atoms with E-state index in [2.05, 4.69) is 5.32 Å². The van der Waals surface area contributed by atoms with E-state index >= 15 is 0 Å². The van der Waals surface area contributed by atoms with Crippen molar-refractivity contribution in [1.29, 1.82) is 0 Å². The van der Waals surface area contributed by atoms with Crippen LogP contribution in [0.1, 0.15) is 15.9 Å². The Kier molecular flexibility index (Phi) is 6.84. The number of nitrogens with zero attached hydrogens (tertiary/aromatic N) is 1. The topological polar surface area (TPSA) is 156 Å². The van der Waals surface area contributed by atoms with Gasteiger partial charge < -0.3 is 10.4 Å². The van der Waals surface area contributed by atoms with Gasteiger partial charge in [-0.25, -0.2) is 13.1 Å². The van der Waals surface area contributed by atoms with E-state index < -0.39 is 26.8 Å². The molecule has 0 unspecified atom stereocenters. The van der Waals surface area contributed by atoms with Crippen LogP contribution < -0.4 is 10.0 Å². The number of nitrogens with one attached hydrogen (secondary N) is 2. The van der Waals surface area contributed by atoms with Crippen LogP contribution in [0.3, 0.4) is 0 Å². The first kappa shape index (κ1) is 23.2. The minimum atomic E-state index is -4.40. The van der Waals surface area contributed by atoms with Gasteiger partial charge in [0.25, 0.3) is 27.5 Å². The lowest BCUT2D eigenvalue weighted by atomic mass is 10.1. The van der Waals surface area contributed by atoms with Gasteiger partial charge >= 0.3 is 0 Å². The van der Waals surface area contributed by atoms with Crippen molar-refractivity contribution < 1.29 is 28.0 Å². The fourth-order valence-electron chi connectivity index (χ4n) is 2.66. The number of amides is 2. The number of carbonyl (C=O) groups excluding carboxylic acids is 2. The van der Waals surface area contributed by atoms with Crippen LogP contribution in [0, 0.1) is 10.1 Å². The normalized spacial score (nSPS) is 11.5. The van der Waals surface area contributed by atoms with Crippen molar-refractivity contribution in [3.63, 3.8) is 0 Å². The maximum atomic E-state index is 12.8. The SMILES string of the molecule is O=C(NS(=O)(=O)c1ccc([N+](=O)[O-])cc1)C(=Cc1ccc(O)cc1)NC(=O)c1ccccc1. The van der Waals surface area contributed by atoms with Crippen LogP contribution in [-0.4, -0.2) is 30.3 Å². The summed E-state index contributed by atoms with van der Waals surface area (Å²) in [6.07, 6.45) is 1.24. The van der Waals surface area contributed by atoms with E-state index in [4.69, 9.17) is 0 Å². The van der Waals surface area contributed by atoms with Gasteiger partial charge in [0.1, 0.15) is 11.4 Å². The molecule has 33 heavy (non-hydrogen) atoms. The Bertz CT molecular complexity index is 1320. The van der Waals surface area contributed by atoms with E-state index in [-0.39, 0.29) is 27.6 Å². The molecule has 0 heterocycles. The summed E-state index contributed by atoms with van der Waals surface area (Å²) in [5.41, 5.74) is -0.0532. The predicted molar refractivity (Wildman–Crippen MR) is 118 cm³/mol. The summed E-state index contributed by atoms with van der Waals surface area (Å²) >= 11 is 0. The van der Waals surface area contributed by atoms with E-state index in [1.165, 1.54) is 42.5 Å². The summed E-state index contributed by atoms with van der Waals surface area (Å²) in [4.78, 5) is 35.1. The number of aromatic hydroxyl groups is 1. The summed E-state index contributed by atoms with van der Waals surface area (Å²) in [6, 6.07) is 17.6. The van der Waals surface area contributed by atoms with Crippen LogP contribution in [0.15, 0.2) is 89.5 Å². The van der Waals surface area contributed by atoms with Gasteiger partial charge in [0.2, 0.25) is 0 Å². The number of hydrogen-bond acceptors (Lipinski definition) is 7. The van der Waals surface area contributed by atoms with Crippen LogP contribution in [0.4, 0.5) is 5.69 Å². The quantitative estimate of drug-likeness (QED) is 0.274. The molecule has 0 saturated carbocycles. The lowest BCUT2D eigenvalue weighted by Gasteiger charge is -2.12. The van der Waals surface area contributed by atoms with Crippen molar-refractivity contribution in [1.82, 2.24) is 10.0 Å². The number of rotatable bonds is 7. The van der Waals surface area contributed by atoms with Gasteiger partial charge in [-0.05, 0) is 48.0 Å². The molecule has 0 aliphatic carbocycles. The minimum absolute atomic E-state index is 0.0211. The summed E-state index contributed by atoms with van der Waals surface area (Å²) in [5, 5.41) is 22.6. The van der Waals surface area contributed by atoms with Crippen molar-refractivity contribution in [2.75, 3.05) is 0 Å². The van der Waals surface area contributed by atoms with Crippen LogP contribution in [-0.2, 0) is 14.8 Å². The van der Waals surface area contributed by atoms with Gasteiger partial charge in [-0.1, -0.05) is 30.3 Å². The van der Waals surface area contributed by atoms with Gasteiger partial charge in [0.15, 0.2) is 0 Å². The molecule has 11 heteroatoms. The fraction of sp³-hybridized carbons (Fsp3) is 0. The standard InChI is InChI=1S/C22H17N3O7S/c26-18-10-6-15(7-11-18)14-20(23-21(27)16-4-2-1-3-5-16)22(28)24-33(31,32)19-12-8-17(9-13-19)25(29)30/h1-14,26H,(H,23,27)(H,24,28). The second-order valence-electron chi connectivity index (χ2n) is 6.66. The first-order valence-corrected chi connectivity index (χ1v) is 10.8. The molecule has 0 fully saturated rings. The number of carbonyl (C=O) groups is 2. The molecular weight excluding hydrogens is 450 g/mol. The van der Waals surface area contributed by atoms with Gasteiger partial charge in [-0.2, -0.15) is 0 Å². The Balaban J connectivity index is 1.90. The highest BCUT2D eigenvalue weighted by atomic mass is 32.2. The Morgan fingerprint density at radius 3 is 2.09 bits per heavy atom. The van der Waals surface area contributed by atoms with Gasteiger partial charge in [0, 0.05) is 17.7 Å². The monoisotopic (exact) mass is 467 g/mol. The molecule has 3 N–H and O–H groups in total. The minimum Gasteiger partial charge on any atom is -0.508 e. The molecule has 3 rings (SSSR count). The fourth-order valence-corrected chi connectivity index (χ4v) is 3.63. The maximum Gasteiger partial charge on any atom is 0.281 e. The molecule has 0 bridgehead atoms. The number of phenolic OH excluding ortho intramolecular Hbond substituents is 1. The van der Waals surface area contributed by atoms with Crippen LogP contribution in [0.2, 0.25) is 0 Å². The Hall–Kier alpha value is -4.51. The summed E-state index contributed by atoms with van der Waals surface area (Å²) < 4.78 is 27.1. The van der Waals surface area contributed by atoms with E-state index in [0.717, 1.165) is 24.3 Å². The van der Waals surface area contributed by atoms with Crippen molar-refractivity contribution in [3.8, 4) is 5.75 Å². The van der Waals surface area contributed by atoms with Crippen LogP contribution in [0.5, 0.6) is 5.75 Å². The molecule has 10 nitrogen and oxygen atoms in total. The molecule has 0 aliphatic rings. The van der Waals surface area contributed by atoms with Crippen molar-refractivity contribution in [2.24, 2.45) is 0 Å². The predicted octanol–water partition coefficient (Wildman–Crippen LogP) is 2.58. The van der Waals surface area contributed by atoms with E-state index in [9.17, 15) is 33.2 Å². The van der Waals surface area contributed by atoms with E-state index in [1.807, 2.05) is 4.72 Å². The average Bonchev–Trinajstić information content (AvgIpc) is 2.80. The third-order valence-corrected chi connectivity index (χ3v) is 5.66. The average molecular weight is 467 g/mol. The second-order valence-corrected chi connectivity index (χ2v) is 8.34. The largest absolute Gasteiger partial charge is 0.508 e. The zero-order chi connectivity index (χ0) is 24.0. The van der Waals surface area contributed by atoms with Crippen molar-refractivity contribution >= 4 is 33.6 Å². The van der Waals surface area contributed by atoms with E-state index in [1.54, 1.807) is 18.2 Å². The number of benzene rings is 3. The smallest absolute Gasteiger partial charge is 0.281 e. The van der Waals surface area contributed by atoms with Gasteiger partial charge in [-0.3, -0.25) is 19.7 Å². The number of sulfonamides is 1. The third-order valence-electron chi connectivity index (χ3n) is 4.32. The first-order chi connectivity index (χ1) is 15.7. The molecule has 3 aromatic rings. The maximum absolute atomic E-state index is 12.8. The molecule has 3 aromatic carbocycles. The van der Waals surface area contributed by atoms with Crippen molar-refractivity contribution in [2.45, 2.75) is 4.90 Å². The van der Waals surface area contributed by atoms with Crippen LogP contribution in [0.25, 0.3) is 6.08 Å². The lowest BCUT2D eigenvalue weighted by Crippen LogP contribution is -2.38. The highest BCUT2D eigenvalue weighted by Crippen LogP contribution is 2.17. The number of hydrogen-bond donors (Lipinski definition) is 3. The van der Waals surface area contributed by atoms with Crippen LogP contribution >= 0.6 is 0 Å². The molecule has 0 saturated heterocycles. The van der Waals surface area contributed by atoms with Gasteiger partial charge in [0.05, 0.1) is 9.82 Å². The molecule has 0 spiro atoms. The Labute approximate surface area is 188 Å². The Morgan fingerprint density at radius 2 is 1.52 bits per heavy atom. The summed E-state index contributed by atoms with van der Waals surface area (Å²) in [5.74, 6) is -1.80. The molecule has 0 aromatic heterocycles. The van der Waals surface area contributed by atoms with Gasteiger partial charge in [-0.15, -0.1) is 0 Å². The molecule has 0 aliphatic heterocycles. The number of non-ortho nitro benzene ring substituents is 1.